The zero-order chi connectivity index (χ0) is 17.9. The van der Waals surface area contributed by atoms with Crippen molar-refractivity contribution >= 4 is 5.97 Å². The van der Waals surface area contributed by atoms with Crippen LogP contribution in [-0.2, 0) is 16.0 Å². The van der Waals surface area contributed by atoms with Gasteiger partial charge >= 0.3 is 5.97 Å². The maximum absolute atomic E-state index is 12.2. The first-order valence-electron chi connectivity index (χ1n) is 9.79. The van der Waals surface area contributed by atoms with Crippen LogP contribution in [0.2, 0.25) is 0 Å². The fourth-order valence-electron chi connectivity index (χ4n) is 2.86. The van der Waals surface area contributed by atoms with Crippen molar-refractivity contribution in [2.45, 2.75) is 77.7 Å². The second-order valence-electron chi connectivity index (χ2n) is 6.95. The van der Waals surface area contributed by atoms with Crippen LogP contribution in [0.5, 0.6) is 5.75 Å². The van der Waals surface area contributed by atoms with Gasteiger partial charge in [-0.3, -0.25) is 0 Å². The molecule has 1 saturated heterocycles. The summed E-state index contributed by atoms with van der Waals surface area (Å²) in [6.07, 6.45) is 13.0. The van der Waals surface area contributed by atoms with Crippen LogP contribution in [0, 0.1) is 0 Å². The number of carbonyl (C=O) groups excluding carboxylic acids is 1. The van der Waals surface area contributed by atoms with E-state index in [1.54, 1.807) is 0 Å². The third kappa shape index (κ3) is 7.87. The zero-order valence-electron chi connectivity index (χ0n) is 15.8. The van der Waals surface area contributed by atoms with Gasteiger partial charge in [0.25, 0.3) is 0 Å². The quantitative estimate of drug-likeness (QED) is 0.162. The number of carbonyl (C=O) groups is 1. The molecule has 25 heavy (non-hydrogen) atoms. The number of hydrogen-bond acceptors (Lipinski definition) is 3. The molecule has 138 valence electrons. The maximum atomic E-state index is 12.2. The van der Waals surface area contributed by atoms with Crippen LogP contribution in [0.15, 0.2) is 35.9 Å². The first kappa shape index (κ1) is 19.7. The highest BCUT2D eigenvalue weighted by Crippen LogP contribution is 2.22. The average molecular weight is 344 g/mol. The van der Waals surface area contributed by atoms with Gasteiger partial charge in [-0.15, -0.1) is 0 Å². The molecule has 1 heterocycles. The number of esters is 1. The summed E-state index contributed by atoms with van der Waals surface area (Å²) >= 11 is 0. The van der Waals surface area contributed by atoms with E-state index in [0.717, 1.165) is 31.4 Å². The Balaban J connectivity index is 1.76. The van der Waals surface area contributed by atoms with Gasteiger partial charge < -0.3 is 9.47 Å². The van der Waals surface area contributed by atoms with Gasteiger partial charge in [0.1, 0.15) is 5.75 Å². The number of ether oxygens (including phenoxy) is 2. The highest BCUT2D eigenvalue weighted by atomic mass is 16.6. The van der Waals surface area contributed by atoms with Gasteiger partial charge in [-0.2, -0.15) is 0 Å². The summed E-state index contributed by atoms with van der Waals surface area (Å²) in [4.78, 5) is 12.2. The molecule has 0 bridgehead atoms. The second-order valence-corrected chi connectivity index (χ2v) is 6.95. The van der Waals surface area contributed by atoms with Crippen molar-refractivity contribution in [3.05, 3.63) is 41.5 Å². The molecule has 0 spiro atoms. The monoisotopic (exact) mass is 344 g/mol. The van der Waals surface area contributed by atoms with Gasteiger partial charge in [0.2, 0.25) is 0 Å². The van der Waals surface area contributed by atoms with E-state index < -0.39 is 0 Å². The Bertz CT molecular complexity index is 558. The first-order chi connectivity index (χ1) is 12.2. The summed E-state index contributed by atoms with van der Waals surface area (Å²) in [7, 11) is 0. The molecule has 0 aliphatic carbocycles. The average Bonchev–Trinajstić information content (AvgIpc) is 3.44. The smallest absolute Gasteiger partial charge is 0.338 e. The van der Waals surface area contributed by atoms with Gasteiger partial charge in [-0.05, 0) is 37.8 Å². The molecule has 0 saturated carbocycles. The van der Waals surface area contributed by atoms with Crippen molar-refractivity contribution in [2.75, 3.05) is 6.61 Å². The van der Waals surface area contributed by atoms with Gasteiger partial charge in [-0.25, -0.2) is 4.79 Å². The third-order valence-corrected chi connectivity index (χ3v) is 4.64. The largest absolute Gasteiger partial charge is 0.423 e. The lowest BCUT2D eigenvalue weighted by Crippen LogP contribution is -2.11. The lowest BCUT2D eigenvalue weighted by atomic mass is 10.0. The van der Waals surface area contributed by atoms with E-state index in [2.05, 4.69) is 13.0 Å². The highest BCUT2D eigenvalue weighted by molar-refractivity contribution is 5.89. The van der Waals surface area contributed by atoms with E-state index in [1.807, 2.05) is 31.2 Å². The van der Waals surface area contributed by atoms with Crippen molar-refractivity contribution < 1.29 is 14.3 Å². The van der Waals surface area contributed by atoms with E-state index in [-0.39, 0.29) is 5.97 Å². The molecule has 1 aliphatic heterocycles. The number of benzene rings is 1. The molecule has 1 fully saturated rings. The molecule has 1 aromatic rings. The van der Waals surface area contributed by atoms with Gasteiger partial charge in [0.15, 0.2) is 0 Å². The Kier molecular flexibility index (Phi) is 8.75. The predicted octanol–water partition coefficient (Wildman–Crippen LogP) is 5.62. The second kappa shape index (κ2) is 11.1. The number of epoxide rings is 1. The summed E-state index contributed by atoms with van der Waals surface area (Å²) in [5.41, 5.74) is 1.78. The molecule has 1 aliphatic rings. The molecule has 0 amide bonds. The van der Waals surface area contributed by atoms with Crippen LogP contribution < -0.4 is 4.74 Å². The summed E-state index contributed by atoms with van der Waals surface area (Å²) in [6, 6.07) is 7.90. The molecule has 0 N–H and O–H groups in total. The fourth-order valence-corrected chi connectivity index (χ4v) is 2.86. The highest BCUT2D eigenvalue weighted by Gasteiger charge is 2.21. The molecule has 1 atom stereocenters. The van der Waals surface area contributed by atoms with Crippen molar-refractivity contribution in [3.63, 3.8) is 0 Å². The lowest BCUT2D eigenvalue weighted by Gasteiger charge is -2.10. The first-order valence-corrected chi connectivity index (χ1v) is 9.79. The molecule has 3 heteroatoms. The molecule has 0 aromatic heterocycles. The van der Waals surface area contributed by atoms with Crippen LogP contribution >= 0.6 is 0 Å². The van der Waals surface area contributed by atoms with Crippen molar-refractivity contribution in [2.24, 2.45) is 0 Å². The van der Waals surface area contributed by atoms with Crippen molar-refractivity contribution in [1.29, 1.82) is 0 Å². The van der Waals surface area contributed by atoms with Crippen LogP contribution in [0.1, 0.15) is 70.8 Å². The molecule has 1 unspecified atom stereocenters. The standard InChI is InChI=1S/C22H32O3/c1-3-4-5-6-7-8-9-12-19-13-10-11-14-21(19)25-22(23)18(2)15-16-20-17-24-20/h10-11,13-15,20H,3-9,12,16-17H2,1-2H3. The molecule has 1 aromatic carbocycles. The minimum Gasteiger partial charge on any atom is -0.423 e. The van der Waals surface area contributed by atoms with Crippen molar-refractivity contribution in [3.8, 4) is 5.75 Å². The van der Waals surface area contributed by atoms with Gasteiger partial charge in [0, 0.05) is 5.57 Å². The van der Waals surface area contributed by atoms with Crippen LogP contribution in [0.25, 0.3) is 0 Å². The molecular weight excluding hydrogens is 312 g/mol. The third-order valence-electron chi connectivity index (χ3n) is 4.64. The Hall–Kier alpha value is -1.61. The molecule has 2 rings (SSSR count). The van der Waals surface area contributed by atoms with E-state index in [1.165, 1.54) is 38.5 Å². The Morgan fingerprint density at radius 3 is 2.56 bits per heavy atom. The maximum Gasteiger partial charge on any atom is 0.338 e. The summed E-state index contributed by atoms with van der Waals surface area (Å²) in [5, 5.41) is 0. The fraction of sp³-hybridized carbons (Fsp3) is 0.591. The SMILES string of the molecule is CCCCCCCCCc1ccccc1OC(=O)C(C)=CCC1CO1. The van der Waals surface area contributed by atoms with Gasteiger partial charge in [0.05, 0.1) is 12.7 Å². The summed E-state index contributed by atoms with van der Waals surface area (Å²) < 4.78 is 10.8. The molecular formula is C22H32O3. The summed E-state index contributed by atoms with van der Waals surface area (Å²) in [5.74, 6) is 0.446. The van der Waals surface area contributed by atoms with Gasteiger partial charge in [-0.1, -0.05) is 69.7 Å². The number of rotatable bonds is 12. The number of unbranched alkanes of at least 4 members (excludes halogenated alkanes) is 6. The van der Waals surface area contributed by atoms with E-state index in [4.69, 9.17) is 9.47 Å². The Morgan fingerprint density at radius 2 is 1.84 bits per heavy atom. The Morgan fingerprint density at radius 1 is 1.16 bits per heavy atom. The van der Waals surface area contributed by atoms with Crippen LogP contribution in [0.3, 0.4) is 0 Å². The van der Waals surface area contributed by atoms with E-state index in [0.29, 0.717) is 17.4 Å². The van der Waals surface area contributed by atoms with E-state index in [9.17, 15) is 4.79 Å². The zero-order valence-corrected chi connectivity index (χ0v) is 15.8. The minimum absolute atomic E-state index is 0.257. The predicted molar refractivity (Wildman–Crippen MR) is 102 cm³/mol. The number of hydrogen-bond donors (Lipinski definition) is 0. The van der Waals surface area contributed by atoms with E-state index >= 15 is 0 Å². The summed E-state index contributed by atoms with van der Waals surface area (Å²) in [6.45, 7) is 4.86. The number of aryl methyl sites for hydroxylation is 1. The lowest BCUT2D eigenvalue weighted by molar-refractivity contribution is -0.130. The molecule has 3 nitrogen and oxygen atoms in total. The van der Waals surface area contributed by atoms with Crippen LogP contribution in [0.4, 0.5) is 0 Å². The minimum atomic E-state index is -0.257. The topological polar surface area (TPSA) is 38.8 Å². The van der Waals surface area contributed by atoms with Crippen LogP contribution in [-0.4, -0.2) is 18.7 Å². The number of para-hydroxylation sites is 1. The normalized spacial score (nSPS) is 16.7. The molecule has 0 radical (unpaired) electrons. The Labute approximate surface area is 152 Å². The van der Waals surface area contributed by atoms with Crippen molar-refractivity contribution in [1.82, 2.24) is 0 Å².